The Kier molecular flexibility index (Phi) is 2.64. The number of aromatic nitrogens is 2. The van der Waals surface area contributed by atoms with Crippen molar-refractivity contribution in [3.8, 4) is 67.3 Å². The Labute approximate surface area is 360 Å². The molecule has 0 bridgehead atoms. The molecule has 2 heteroatoms. The van der Waals surface area contributed by atoms with Crippen molar-refractivity contribution in [2.45, 2.75) is 19.1 Å². The highest BCUT2D eigenvalue weighted by Crippen LogP contribution is 2.52. The Balaban J connectivity index is 1.43. The first kappa shape index (κ1) is 11.4. The van der Waals surface area contributed by atoms with E-state index in [0.29, 0.717) is 0 Å². The molecule has 0 fully saturated rings. The third-order valence-corrected chi connectivity index (χ3v) is 8.31. The van der Waals surface area contributed by atoms with E-state index in [9.17, 15) is 13.7 Å². The third kappa shape index (κ3) is 5.18. The zero-order valence-electron chi connectivity index (χ0n) is 62.4. The van der Waals surface area contributed by atoms with Crippen LogP contribution in [0.1, 0.15) is 74.2 Å². The first-order chi connectivity index (χ1) is 41.0. The van der Waals surface area contributed by atoms with E-state index in [0.717, 1.165) is 0 Å². The van der Waals surface area contributed by atoms with Gasteiger partial charge in [-0.1, -0.05) is 177 Å². The minimum atomic E-state index is -4.02. The summed E-state index contributed by atoms with van der Waals surface area (Å²) in [5, 5.41) is -3.55. The molecule has 250 valence electrons. The Morgan fingerprint density at radius 2 is 1.04 bits per heavy atom. The summed E-state index contributed by atoms with van der Waals surface area (Å²) in [6, 6.07) is -33.5. The topological polar surface area (TPSA) is 25.8 Å². The number of hydrogen-bond acceptors (Lipinski definition) is 2. The highest BCUT2D eigenvalue weighted by molar-refractivity contribution is 6.06. The minimum absolute atomic E-state index is 0.749. The molecule has 1 heterocycles. The summed E-state index contributed by atoms with van der Waals surface area (Å²) in [6.07, 6.45) is 0. The van der Waals surface area contributed by atoms with E-state index < -0.39 is 300 Å². The number of rotatable bonds is 5. The van der Waals surface area contributed by atoms with Crippen LogP contribution in [0.3, 0.4) is 0 Å². The molecule has 10 rings (SSSR count). The van der Waals surface area contributed by atoms with Crippen LogP contribution in [0.4, 0.5) is 0 Å². The fraction of sp³-hybridized carbons (Fsp3) is 0.0588. The summed E-state index contributed by atoms with van der Waals surface area (Å²) >= 11 is 0. The van der Waals surface area contributed by atoms with Crippen molar-refractivity contribution in [2.24, 2.45) is 0 Å². The number of fused-ring (bicyclic) bond motifs is 6. The molecule has 0 spiro atoms. The van der Waals surface area contributed by atoms with Crippen molar-refractivity contribution >= 4 is 21.5 Å². The van der Waals surface area contributed by atoms with Gasteiger partial charge in [-0.3, -0.25) is 0 Å². The van der Waals surface area contributed by atoms with Crippen LogP contribution in [0.25, 0.3) is 88.8 Å². The van der Waals surface area contributed by atoms with Crippen molar-refractivity contribution in [3.63, 3.8) is 0 Å². The third-order valence-electron chi connectivity index (χ3n) is 8.31. The van der Waals surface area contributed by atoms with Gasteiger partial charge < -0.3 is 0 Å². The second-order valence-electron chi connectivity index (χ2n) is 11.4. The van der Waals surface area contributed by atoms with E-state index in [1.165, 1.54) is 0 Å². The average molecular weight is 713 g/mol. The normalized spacial score (nSPS) is 22.9. The van der Waals surface area contributed by atoms with Crippen LogP contribution in [-0.4, -0.2) is 9.97 Å². The standard InChI is InChI=1S/C51H36N2/c1-51(2)45-29-25-34-16-9-10-21-40(34)49(45)44-26-24-37(31-46(44)51)39-27-28-43(42-23-12-11-22-41(39)42)48-32-47(52-50(53-48)35-17-7-4-8-18-35)38-20-13-19-36(30-38)33-14-5-3-6-15-33/h3-32H,1-2H3/i1D3,2D3,3D,4D,5D,6D,7D,8D,9D,10D,11D,12D,13D,14D,15D,16D,17D,18D,19D,20D,21D,22D,23D,24D,25D,26D,27D,28D,29D,30D,31D,32D. The second kappa shape index (κ2) is 12.3. The van der Waals surface area contributed by atoms with Crippen molar-refractivity contribution in [2.75, 3.05) is 0 Å². The van der Waals surface area contributed by atoms with Crippen LogP contribution in [0, 0.1) is 0 Å². The molecule has 2 nitrogen and oxygen atoms in total. The van der Waals surface area contributed by atoms with Crippen molar-refractivity contribution in [1.82, 2.24) is 9.97 Å². The molecule has 1 aromatic heterocycles. The van der Waals surface area contributed by atoms with E-state index >= 15 is 0 Å². The monoisotopic (exact) mass is 713 g/mol. The first-order valence-corrected chi connectivity index (χ1v) is 15.4. The maximum Gasteiger partial charge on any atom is 0.160 e. The van der Waals surface area contributed by atoms with Crippen LogP contribution in [0.15, 0.2) is 181 Å². The lowest BCUT2D eigenvalue weighted by Crippen LogP contribution is -2.15. The van der Waals surface area contributed by atoms with Crippen molar-refractivity contribution in [1.29, 1.82) is 0 Å². The maximum atomic E-state index is 10.0. The predicted molar refractivity (Wildman–Crippen MR) is 222 cm³/mol. The Morgan fingerprint density at radius 1 is 0.415 bits per heavy atom. The van der Waals surface area contributed by atoms with E-state index in [1.807, 2.05) is 0 Å². The van der Waals surface area contributed by atoms with Gasteiger partial charge in [0.2, 0.25) is 0 Å². The maximum absolute atomic E-state index is 10.0. The summed E-state index contributed by atoms with van der Waals surface area (Å²) in [6.45, 7) is -8.05. The SMILES string of the molecule is [2H]c1c(-c2c([2H])c([2H])c([2H])c(-c3c([2H])c([2H])c([2H])c([2H])c3[2H])c2[2H])nc(-c2c([2H])c([2H])c([2H])c([2H])c2[2H])nc1-c1c([2H])c([2H])c(-c2c([2H])c([2H])c3c(c2[2H])C(C([2H])([2H])[2H])(C([2H])([2H])[2H])c2c([2H])c([2H])c4c([2H])c([2H])c([2H])c([2H])c4c2-3)c2c([2H])c([2H])c([2H])c([2H])c12. The summed E-state index contributed by atoms with van der Waals surface area (Å²) in [5.41, 5.74) is -17.2. The summed E-state index contributed by atoms with van der Waals surface area (Å²) in [5.74, 6) is -1.05. The first-order valence-electron chi connectivity index (χ1n) is 33.4. The molecule has 8 aromatic carbocycles. The largest absolute Gasteiger partial charge is 0.228 e. The molecule has 0 N–H and O–H groups in total. The van der Waals surface area contributed by atoms with Crippen molar-refractivity contribution < 1.29 is 49.3 Å². The van der Waals surface area contributed by atoms with Gasteiger partial charge in [-0.25, -0.2) is 9.97 Å². The van der Waals surface area contributed by atoms with Gasteiger partial charge in [0.25, 0.3) is 0 Å². The minimum Gasteiger partial charge on any atom is -0.228 e. The molecule has 0 unspecified atom stereocenters. The van der Waals surface area contributed by atoms with Gasteiger partial charge in [-0.15, -0.1) is 0 Å². The fourth-order valence-corrected chi connectivity index (χ4v) is 5.94. The fourth-order valence-electron chi connectivity index (χ4n) is 5.94. The molecule has 0 aliphatic heterocycles. The van der Waals surface area contributed by atoms with Crippen LogP contribution in [0.2, 0.25) is 0 Å². The van der Waals surface area contributed by atoms with Crippen LogP contribution in [0.5, 0.6) is 0 Å². The molecule has 0 radical (unpaired) electrons. The Bertz CT molecular complexity index is 4740. The van der Waals surface area contributed by atoms with Gasteiger partial charge >= 0.3 is 0 Å². The lowest BCUT2D eigenvalue weighted by atomic mass is 9.81. The average Bonchev–Trinajstić information content (AvgIpc) is 1.52. The molecule has 0 saturated heterocycles. The summed E-state index contributed by atoms with van der Waals surface area (Å²) < 4.78 is 324. The van der Waals surface area contributed by atoms with Gasteiger partial charge in [-0.05, 0) is 84.2 Å². The Hall–Kier alpha value is -6.64. The Morgan fingerprint density at radius 3 is 1.83 bits per heavy atom. The van der Waals surface area contributed by atoms with Gasteiger partial charge in [0, 0.05) is 30.3 Å². The van der Waals surface area contributed by atoms with Crippen LogP contribution < -0.4 is 0 Å². The quantitative estimate of drug-likeness (QED) is 0.178. The van der Waals surface area contributed by atoms with E-state index in [-0.39, 0.29) is 0 Å². The van der Waals surface area contributed by atoms with Gasteiger partial charge in [0.1, 0.15) is 0 Å². The van der Waals surface area contributed by atoms with Crippen LogP contribution >= 0.6 is 0 Å². The molecule has 1 aliphatic rings. The molecule has 9 aromatic rings. The number of nitrogens with zero attached hydrogens (tertiary/aromatic N) is 2. The highest BCUT2D eigenvalue weighted by Gasteiger charge is 2.36. The smallest absolute Gasteiger partial charge is 0.160 e. The molecule has 53 heavy (non-hydrogen) atoms. The molecule has 0 amide bonds. The predicted octanol–water partition coefficient (Wildman–Crippen LogP) is 13.4. The van der Waals surface area contributed by atoms with Crippen LogP contribution in [-0.2, 0) is 5.41 Å². The summed E-state index contributed by atoms with van der Waals surface area (Å²) in [4.78, 5) is 8.60. The number of benzene rings is 8. The van der Waals surface area contributed by atoms with Gasteiger partial charge in [-0.2, -0.15) is 0 Å². The van der Waals surface area contributed by atoms with E-state index in [2.05, 4.69) is 9.97 Å². The molecular weight excluding hydrogens is 641 g/mol. The molecule has 0 atom stereocenters. The second-order valence-corrected chi connectivity index (χ2v) is 11.4. The highest BCUT2D eigenvalue weighted by atomic mass is 14.9. The zero-order valence-corrected chi connectivity index (χ0v) is 26.4. The van der Waals surface area contributed by atoms with Gasteiger partial charge in [0.05, 0.1) is 52.5 Å². The molecular formula is C51H36N2. The molecule has 0 saturated carbocycles. The van der Waals surface area contributed by atoms with Crippen molar-refractivity contribution in [3.05, 3.63) is 192 Å². The molecule has 1 aliphatic carbocycles. The zero-order chi connectivity index (χ0) is 66.6. The van der Waals surface area contributed by atoms with Gasteiger partial charge in [0.15, 0.2) is 5.82 Å². The van der Waals surface area contributed by atoms with E-state index in [4.69, 9.17) is 35.6 Å². The lowest BCUT2D eigenvalue weighted by Gasteiger charge is -2.22. The lowest BCUT2D eigenvalue weighted by molar-refractivity contribution is 0.661. The summed E-state index contributed by atoms with van der Waals surface area (Å²) in [7, 11) is 0. The van der Waals surface area contributed by atoms with E-state index in [1.54, 1.807) is 0 Å². The number of hydrogen-bond donors (Lipinski definition) is 0.